The van der Waals surface area contributed by atoms with E-state index in [4.69, 9.17) is 9.47 Å². The van der Waals surface area contributed by atoms with Gasteiger partial charge in [-0.1, -0.05) is 36.4 Å². The van der Waals surface area contributed by atoms with E-state index in [2.05, 4.69) is 40.4 Å². The van der Waals surface area contributed by atoms with Crippen LogP contribution in [0.4, 0.5) is 0 Å². The monoisotopic (exact) mass is 376 g/mol. The zero-order valence-corrected chi connectivity index (χ0v) is 15.7. The standard InChI is InChI=1S/C23H24N2O3/c26-12-11-25-10-9-16(18-14-24-19-6-2-1-5-17(18)19)13-20(25)23-15-27-21-7-3-4-8-22(21)28-23/h1-9,14,20,23-24,26H,10-13,15H2. The minimum Gasteiger partial charge on any atom is -0.486 e. The van der Waals surface area contributed by atoms with E-state index < -0.39 is 0 Å². The second kappa shape index (κ2) is 7.34. The summed E-state index contributed by atoms with van der Waals surface area (Å²) in [6.45, 7) is 2.08. The van der Waals surface area contributed by atoms with Gasteiger partial charge in [-0.05, 0) is 30.2 Å². The molecule has 144 valence electrons. The highest BCUT2D eigenvalue weighted by Crippen LogP contribution is 2.37. The minimum absolute atomic E-state index is 0.0737. The maximum Gasteiger partial charge on any atom is 0.161 e. The first kappa shape index (κ1) is 17.3. The summed E-state index contributed by atoms with van der Waals surface area (Å²) in [5.41, 5.74) is 3.72. The van der Waals surface area contributed by atoms with E-state index in [-0.39, 0.29) is 18.8 Å². The van der Waals surface area contributed by atoms with E-state index in [1.807, 2.05) is 30.3 Å². The number of aromatic nitrogens is 1. The number of rotatable bonds is 4. The lowest BCUT2D eigenvalue weighted by atomic mass is 9.90. The molecule has 3 aromatic rings. The summed E-state index contributed by atoms with van der Waals surface area (Å²) in [7, 11) is 0. The van der Waals surface area contributed by atoms with Gasteiger partial charge in [0.1, 0.15) is 12.7 Å². The fourth-order valence-electron chi connectivity index (χ4n) is 4.34. The number of aliphatic hydroxyl groups is 1. The molecular weight excluding hydrogens is 352 g/mol. The van der Waals surface area contributed by atoms with E-state index in [1.54, 1.807) is 0 Å². The Morgan fingerprint density at radius 1 is 1.07 bits per heavy atom. The molecule has 2 N–H and O–H groups in total. The summed E-state index contributed by atoms with van der Waals surface area (Å²) >= 11 is 0. The second-order valence-electron chi connectivity index (χ2n) is 7.38. The fraction of sp³-hybridized carbons (Fsp3) is 0.304. The van der Waals surface area contributed by atoms with E-state index in [0.717, 1.165) is 30.0 Å². The van der Waals surface area contributed by atoms with Crippen LogP contribution in [0.25, 0.3) is 16.5 Å². The van der Waals surface area contributed by atoms with E-state index in [1.165, 1.54) is 16.5 Å². The Kier molecular flexibility index (Phi) is 4.55. The molecule has 2 aromatic carbocycles. The van der Waals surface area contributed by atoms with Gasteiger partial charge in [0.15, 0.2) is 11.5 Å². The van der Waals surface area contributed by atoms with E-state index in [0.29, 0.717) is 13.2 Å². The minimum atomic E-state index is -0.0737. The summed E-state index contributed by atoms with van der Waals surface area (Å²) in [4.78, 5) is 5.67. The molecule has 0 saturated heterocycles. The van der Waals surface area contributed by atoms with Crippen LogP contribution in [0.3, 0.4) is 0 Å². The molecule has 2 atom stereocenters. The fourth-order valence-corrected chi connectivity index (χ4v) is 4.34. The first-order chi connectivity index (χ1) is 13.8. The highest BCUT2D eigenvalue weighted by atomic mass is 16.6. The third kappa shape index (κ3) is 3.07. The maximum absolute atomic E-state index is 9.54. The number of ether oxygens (including phenoxy) is 2. The molecule has 2 aliphatic heterocycles. The van der Waals surface area contributed by atoms with E-state index in [9.17, 15) is 5.11 Å². The molecule has 0 bridgehead atoms. The Bertz CT molecular complexity index is 1010. The summed E-state index contributed by atoms with van der Waals surface area (Å²) < 4.78 is 12.3. The van der Waals surface area contributed by atoms with Gasteiger partial charge in [-0.2, -0.15) is 0 Å². The van der Waals surface area contributed by atoms with Gasteiger partial charge in [-0.3, -0.25) is 4.90 Å². The largest absolute Gasteiger partial charge is 0.486 e. The van der Waals surface area contributed by atoms with Crippen LogP contribution in [0.2, 0.25) is 0 Å². The SMILES string of the molecule is OCCN1CC=C(c2c[nH]c3ccccc23)CC1C1COc2ccccc2O1. The van der Waals surface area contributed by atoms with Gasteiger partial charge in [0.25, 0.3) is 0 Å². The number of aliphatic hydroxyl groups excluding tert-OH is 1. The predicted octanol–water partition coefficient (Wildman–Crippen LogP) is 3.46. The number of hydrogen-bond acceptors (Lipinski definition) is 4. The van der Waals surface area contributed by atoms with Gasteiger partial charge < -0.3 is 19.6 Å². The first-order valence-electron chi connectivity index (χ1n) is 9.82. The normalized spacial score (nSPS) is 22.2. The summed E-state index contributed by atoms with van der Waals surface area (Å²) in [6, 6.07) is 16.4. The Morgan fingerprint density at radius 2 is 1.89 bits per heavy atom. The topological polar surface area (TPSA) is 57.7 Å². The molecule has 0 saturated carbocycles. The van der Waals surface area contributed by atoms with Crippen molar-refractivity contribution in [3.05, 3.63) is 66.4 Å². The van der Waals surface area contributed by atoms with Crippen molar-refractivity contribution >= 4 is 16.5 Å². The maximum atomic E-state index is 9.54. The molecule has 0 radical (unpaired) electrons. The quantitative estimate of drug-likeness (QED) is 0.732. The molecular formula is C23H24N2O3. The van der Waals surface area contributed by atoms with Gasteiger partial charge in [0.2, 0.25) is 0 Å². The highest BCUT2D eigenvalue weighted by molar-refractivity contribution is 5.92. The second-order valence-corrected chi connectivity index (χ2v) is 7.38. The molecule has 1 aromatic heterocycles. The highest BCUT2D eigenvalue weighted by Gasteiger charge is 2.35. The van der Waals surface area contributed by atoms with Gasteiger partial charge in [0.05, 0.1) is 12.6 Å². The summed E-state index contributed by atoms with van der Waals surface area (Å²) in [5, 5.41) is 10.8. The number of aromatic amines is 1. The zero-order valence-electron chi connectivity index (χ0n) is 15.7. The van der Waals surface area contributed by atoms with Crippen molar-refractivity contribution in [1.82, 2.24) is 9.88 Å². The third-order valence-electron chi connectivity index (χ3n) is 5.75. The molecule has 5 rings (SSSR count). The first-order valence-corrected chi connectivity index (χ1v) is 9.82. The zero-order chi connectivity index (χ0) is 18.9. The van der Waals surface area contributed by atoms with Crippen LogP contribution < -0.4 is 9.47 Å². The summed E-state index contributed by atoms with van der Waals surface area (Å²) in [6.07, 6.45) is 5.16. The number of β-amino-alcohol motifs (C(OH)–C–C–N with tert-alkyl or cyclic N) is 1. The third-order valence-corrected chi connectivity index (χ3v) is 5.75. The van der Waals surface area contributed by atoms with Gasteiger partial charge in [-0.15, -0.1) is 0 Å². The van der Waals surface area contributed by atoms with Crippen LogP contribution >= 0.6 is 0 Å². The number of hydrogen-bond donors (Lipinski definition) is 2. The average molecular weight is 376 g/mol. The van der Waals surface area contributed by atoms with Crippen LogP contribution in [-0.4, -0.2) is 53.4 Å². The van der Waals surface area contributed by atoms with Gasteiger partial charge in [0, 0.05) is 35.8 Å². The molecule has 0 aliphatic carbocycles. The molecule has 28 heavy (non-hydrogen) atoms. The molecule has 5 nitrogen and oxygen atoms in total. The van der Waals surface area contributed by atoms with Crippen molar-refractivity contribution in [1.29, 1.82) is 0 Å². The number of para-hydroxylation sites is 3. The molecule has 3 heterocycles. The Labute approximate surface area is 164 Å². The number of H-pyrrole nitrogens is 1. The molecule has 0 fully saturated rings. The van der Waals surface area contributed by atoms with Crippen molar-refractivity contribution in [3.8, 4) is 11.5 Å². The van der Waals surface area contributed by atoms with Crippen LogP contribution in [-0.2, 0) is 0 Å². The van der Waals surface area contributed by atoms with Gasteiger partial charge >= 0.3 is 0 Å². The molecule has 0 amide bonds. The molecule has 2 aliphatic rings. The van der Waals surface area contributed by atoms with Crippen LogP contribution in [0.5, 0.6) is 11.5 Å². The number of fused-ring (bicyclic) bond motifs is 2. The van der Waals surface area contributed by atoms with Crippen molar-refractivity contribution in [2.45, 2.75) is 18.6 Å². The van der Waals surface area contributed by atoms with Crippen LogP contribution in [0.1, 0.15) is 12.0 Å². The smallest absolute Gasteiger partial charge is 0.161 e. The van der Waals surface area contributed by atoms with Crippen LogP contribution in [0.15, 0.2) is 60.8 Å². The van der Waals surface area contributed by atoms with Crippen molar-refractivity contribution in [2.24, 2.45) is 0 Å². The van der Waals surface area contributed by atoms with Crippen LogP contribution in [0, 0.1) is 0 Å². The predicted molar refractivity (Wildman–Crippen MR) is 110 cm³/mol. The lowest BCUT2D eigenvalue weighted by Crippen LogP contribution is -2.52. The van der Waals surface area contributed by atoms with E-state index >= 15 is 0 Å². The van der Waals surface area contributed by atoms with Crippen molar-refractivity contribution in [2.75, 3.05) is 26.3 Å². The summed E-state index contributed by atoms with van der Waals surface area (Å²) in [5.74, 6) is 1.60. The molecule has 5 heteroatoms. The Hall–Kier alpha value is -2.76. The lowest BCUT2D eigenvalue weighted by Gasteiger charge is -2.41. The lowest BCUT2D eigenvalue weighted by molar-refractivity contribution is 0.0118. The average Bonchev–Trinajstić information content (AvgIpc) is 3.18. The number of benzene rings is 2. The van der Waals surface area contributed by atoms with Gasteiger partial charge in [-0.25, -0.2) is 0 Å². The number of nitrogens with zero attached hydrogens (tertiary/aromatic N) is 1. The Morgan fingerprint density at radius 3 is 2.79 bits per heavy atom. The molecule has 0 spiro atoms. The number of nitrogens with one attached hydrogen (secondary N) is 1. The Balaban J connectivity index is 1.44. The van der Waals surface area contributed by atoms with Crippen molar-refractivity contribution < 1.29 is 14.6 Å². The van der Waals surface area contributed by atoms with Crippen molar-refractivity contribution in [3.63, 3.8) is 0 Å². The molecule has 2 unspecified atom stereocenters.